The van der Waals surface area contributed by atoms with Gasteiger partial charge in [-0.2, -0.15) is 11.3 Å². The van der Waals surface area contributed by atoms with Crippen LogP contribution in [-0.2, 0) is 9.53 Å². The Kier molecular flexibility index (Phi) is 7.48. The van der Waals surface area contributed by atoms with Crippen LogP contribution >= 0.6 is 23.7 Å². The first-order valence-electron chi connectivity index (χ1n) is 8.14. The fourth-order valence-electron chi connectivity index (χ4n) is 3.03. The van der Waals surface area contributed by atoms with Gasteiger partial charge in [-0.25, -0.2) is 0 Å². The molecule has 2 aliphatic heterocycles. The summed E-state index contributed by atoms with van der Waals surface area (Å²) in [6.45, 7) is 4.78. The standard InChI is InChI=1S/C16H23N3O3S.ClH/c20-15(10-14-11-22-8-3-17-14)18-4-1-5-19(7-6-18)16(21)13-2-9-23-12-13;/h2,9,12,14,17H,1,3-8,10-11H2;1H. The number of thiophene rings is 1. The molecule has 1 N–H and O–H groups in total. The van der Waals surface area contributed by atoms with Crippen LogP contribution in [0.2, 0.25) is 0 Å². The maximum Gasteiger partial charge on any atom is 0.254 e. The second-order valence-corrected chi connectivity index (χ2v) is 6.75. The molecule has 2 aliphatic rings. The van der Waals surface area contributed by atoms with E-state index in [0.717, 1.165) is 25.1 Å². The van der Waals surface area contributed by atoms with E-state index in [4.69, 9.17) is 4.74 Å². The van der Waals surface area contributed by atoms with Gasteiger partial charge in [-0.15, -0.1) is 12.4 Å². The van der Waals surface area contributed by atoms with E-state index in [9.17, 15) is 9.59 Å². The third-order valence-electron chi connectivity index (χ3n) is 4.32. The average Bonchev–Trinajstić information content (AvgIpc) is 2.99. The van der Waals surface area contributed by atoms with Crippen LogP contribution in [0.5, 0.6) is 0 Å². The molecule has 0 saturated carbocycles. The topological polar surface area (TPSA) is 61.9 Å². The first-order valence-corrected chi connectivity index (χ1v) is 9.08. The van der Waals surface area contributed by atoms with Crippen LogP contribution in [0.3, 0.4) is 0 Å². The predicted octanol–water partition coefficient (Wildman–Crippen LogP) is 1.22. The van der Waals surface area contributed by atoms with Gasteiger partial charge in [0.25, 0.3) is 5.91 Å². The van der Waals surface area contributed by atoms with Gasteiger partial charge < -0.3 is 19.9 Å². The normalized spacial score (nSPS) is 21.8. The highest BCUT2D eigenvalue weighted by molar-refractivity contribution is 7.08. The van der Waals surface area contributed by atoms with Gasteiger partial charge in [-0.05, 0) is 17.9 Å². The Morgan fingerprint density at radius 2 is 2.04 bits per heavy atom. The summed E-state index contributed by atoms with van der Waals surface area (Å²) >= 11 is 1.53. The van der Waals surface area contributed by atoms with Crippen molar-refractivity contribution in [3.8, 4) is 0 Å². The maximum atomic E-state index is 12.5. The summed E-state index contributed by atoms with van der Waals surface area (Å²) in [5, 5.41) is 7.11. The molecule has 3 rings (SSSR count). The van der Waals surface area contributed by atoms with Crippen LogP contribution in [0.25, 0.3) is 0 Å². The molecule has 1 atom stereocenters. The number of morpholine rings is 1. The molecule has 0 aromatic carbocycles. The number of hydrogen-bond acceptors (Lipinski definition) is 5. The minimum atomic E-state index is 0. The molecule has 134 valence electrons. The van der Waals surface area contributed by atoms with Gasteiger partial charge in [-0.1, -0.05) is 0 Å². The second-order valence-electron chi connectivity index (χ2n) is 5.97. The van der Waals surface area contributed by atoms with Gasteiger partial charge in [0.05, 0.1) is 18.8 Å². The van der Waals surface area contributed by atoms with E-state index < -0.39 is 0 Å². The van der Waals surface area contributed by atoms with Crippen molar-refractivity contribution < 1.29 is 14.3 Å². The number of nitrogens with zero attached hydrogens (tertiary/aromatic N) is 2. The molecular weight excluding hydrogens is 350 g/mol. The number of carbonyl (C=O) groups is 2. The van der Waals surface area contributed by atoms with E-state index in [0.29, 0.717) is 39.3 Å². The predicted molar refractivity (Wildman–Crippen MR) is 95.9 cm³/mol. The molecule has 3 heterocycles. The first-order chi connectivity index (χ1) is 11.2. The Morgan fingerprint density at radius 1 is 1.25 bits per heavy atom. The first kappa shape index (κ1) is 19.2. The third-order valence-corrected chi connectivity index (χ3v) is 5.01. The van der Waals surface area contributed by atoms with Crippen molar-refractivity contribution >= 4 is 35.6 Å². The van der Waals surface area contributed by atoms with Crippen molar-refractivity contribution in [3.05, 3.63) is 22.4 Å². The van der Waals surface area contributed by atoms with Crippen LogP contribution < -0.4 is 5.32 Å². The highest BCUT2D eigenvalue weighted by Crippen LogP contribution is 2.13. The zero-order chi connectivity index (χ0) is 16.1. The Morgan fingerprint density at radius 3 is 2.75 bits per heavy atom. The third kappa shape index (κ3) is 4.92. The van der Waals surface area contributed by atoms with E-state index >= 15 is 0 Å². The van der Waals surface area contributed by atoms with Gasteiger partial charge in [0.1, 0.15) is 0 Å². The van der Waals surface area contributed by atoms with E-state index in [2.05, 4.69) is 5.32 Å². The summed E-state index contributed by atoms with van der Waals surface area (Å²) in [7, 11) is 0. The zero-order valence-corrected chi connectivity index (χ0v) is 15.2. The molecule has 2 fully saturated rings. The Balaban J connectivity index is 0.00000208. The monoisotopic (exact) mass is 373 g/mol. The van der Waals surface area contributed by atoms with Crippen LogP contribution in [0.15, 0.2) is 16.8 Å². The number of ether oxygens (including phenoxy) is 1. The molecule has 2 amide bonds. The lowest BCUT2D eigenvalue weighted by atomic mass is 10.1. The molecule has 1 aromatic rings. The summed E-state index contributed by atoms with van der Waals surface area (Å²) in [4.78, 5) is 28.6. The summed E-state index contributed by atoms with van der Waals surface area (Å²) < 4.78 is 5.40. The Hall–Kier alpha value is -1.15. The number of amides is 2. The number of nitrogens with one attached hydrogen (secondary N) is 1. The number of halogens is 1. The van der Waals surface area contributed by atoms with Crippen molar-refractivity contribution in [2.24, 2.45) is 0 Å². The molecule has 1 unspecified atom stereocenters. The molecule has 0 spiro atoms. The number of carbonyl (C=O) groups excluding carboxylic acids is 2. The van der Waals surface area contributed by atoms with Crippen molar-refractivity contribution in [1.82, 2.24) is 15.1 Å². The maximum absolute atomic E-state index is 12.5. The minimum Gasteiger partial charge on any atom is -0.378 e. The Labute approximate surface area is 152 Å². The molecule has 8 heteroatoms. The van der Waals surface area contributed by atoms with Gasteiger partial charge in [0.15, 0.2) is 0 Å². The van der Waals surface area contributed by atoms with E-state index in [1.165, 1.54) is 11.3 Å². The van der Waals surface area contributed by atoms with Gasteiger partial charge in [0.2, 0.25) is 5.91 Å². The molecular formula is C16H24ClN3O3S. The lowest BCUT2D eigenvalue weighted by molar-refractivity contribution is -0.132. The lowest BCUT2D eigenvalue weighted by Crippen LogP contribution is -2.45. The van der Waals surface area contributed by atoms with Crippen LogP contribution in [0.4, 0.5) is 0 Å². The van der Waals surface area contributed by atoms with Crippen molar-refractivity contribution in [3.63, 3.8) is 0 Å². The van der Waals surface area contributed by atoms with Crippen molar-refractivity contribution in [1.29, 1.82) is 0 Å². The quantitative estimate of drug-likeness (QED) is 0.865. The molecule has 1 aromatic heterocycles. The van der Waals surface area contributed by atoms with Crippen LogP contribution in [-0.4, -0.2) is 73.6 Å². The van der Waals surface area contributed by atoms with E-state index in [1.807, 2.05) is 26.6 Å². The summed E-state index contributed by atoms with van der Waals surface area (Å²) in [5.41, 5.74) is 0.748. The molecule has 0 radical (unpaired) electrons. The molecule has 0 aliphatic carbocycles. The molecule has 2 saturated heterocycles. The highest BCUT2D eigenvalue weighted by atomic mass is 35.5. The summed E-state index contributed by atoms with van der Waals surface area (Å²) in [5.74, 6) is 0.223. The summed E-state index contributed by atoms with van der Waals surface area (Å²) in [6, 6.07) is 1.97. The minimum absolute atomic E-state index is 0. The Bertz CT molecular complexity index is 535. The van der Waals surface area contributed by atoms with Crippen molar-refractivity contribution in [2.75, 3.05) is 45.9 Å². The SMILES string of the molecule is Cl.O=C(CC1COCCN1)N1CCCN(C(=O)c2ccsc2)CC1. The number of rotatable bonds is 3. The van der Waals surface area contributed by atoms with Gasteiger partial charge in [-0.3, -0.25) is 9.59 Å². The number of hydrogen-bond donors (Lipinski definition) is 1. The average molecular weight is 374 g/mol. The molecule has 24 heavy (non-hydrogen) atoms. The fourth-order valence-corrected chi connectivity index (χ4v) is 3.66. The lowest BCUT2D eigenvalue weighted by Gasteiger charge is -2.27. The smallest absolute Gasteiger partial charge is 0.254 e. The van der Waals surface area contributed by atoms with Crippen molar-refractivity contribution in [2.45, 2.75) is 18.9 Å². The van der Waals surface area contributed by atoms with Gasteiger partial charge >= 0.3 is 0 Å². The molecule has 6 nitrogen and oxygen atoms in total. The van der Waals surface area contributed by atoms with Crippen LogP contribution in [0, 0.1) is 0 Å². The fraction of sp³-hybridized carbons (Fsp3) is 0.625. The van der Waals surface area contributed by atoms with Crippen LogP contribution in [0.1, 0.15) is 23.2 Å². The zero-order valence-electron chi connectivity index (χ0n) is 13.6. The van der Waals surface area contributed by atoms with Gasteiger partial charge in [0, 0.05) is 50.6 Å². The second kappa shape index (κ2) is 9.36. The summed E-state index contributed by atoms with van der Waals surface area (Å²) in [6.07, 6.45) is 1.30. The van der Waals surface area contributed by atoms with E-state index in [-0.39, 0.29) is 30.3 Å². The highest BCUT2D eigenvalue weighted by Gasteiger charge is 2.25. The largest absolute Gasteiger partial charge is 0.378 e. The van der Waals surface area contributed by atoms with E-state index in [1.54, 1.807) is 0 Å². The molecule has 0 bridgehead atoms.